The summed E-state index contributed by atoms with van der Waals surface area (Å²) in [5, 5.41) is 1.98. The number of carbonyl (C=O) groups excluding carboxylic acids is 2. The Morgan fingerprint density at radius 1 is 1.19 bits per heavy atom. The van der Waals surface area contributed by atoms with Crippen molar-refractivity contribution in [1.29, 1.82) is 0 Å². The maximum Gasteiger partial charge on any atom is 0.248 e. The molecule has 3 aliphatic rings. The molecule has 2 amide bonds. The summed E-state index contributed by atoms with van der Waals surface area (Å²) in [7, 11) is 0. The minimum Gasteiger partial charge on any atom is -0.378 e. The zero-order valence-electron chi connectivity index (χ0n) is 15.0. The van der Waals surface area contributed by atoms with E-state index in [2.05, 4.69) is 0 Å². The number of amides is 2. The third kappa shape index (κ3) is 3.40. The molecule has 1 unspecified atom stereocenters. The third-order valence-electron chi connectivity index (χ3n) is 5.68. The van der Waals surface area contributed by atoms with E-state index in [9.17, 15) is 9.59 Å². The van der Waals surface area contributed by atoms with E-state index in [4.69, 9.17) is 9.47 Å². The Hall–Kier alpha value is -1.44. The number of morpholine rings is 1. The van der Waals surface area contributed by atoms with Crippen molar-refractivity contribution in [2.24, 2.45) is 0 Å². The molecule has 142 valence electrons. The molecule has 0 N–H and O–H groups in total. The molecular weight excluding hydrogens is 352 g/mol. The van der Waals surface area contributed by atoms with Crippen LogP contribution in [0.25, 0.3) is 0 Å². The van der Waals surface area contributed by atoms with Crippen LogP contribution in [0.15, 0.2) is 17.5 Å². The molecule has 7 heteroatoms. The fourth-order valence-corrected chi connectivity index (χ4v) is 5.07. The lowest BCUT2D eigenvalue weighted by Crippen LogP contribution is -2.58. The molecule has 2 aliphatic heterocycles. The van der Waals surface area contributed by atoms with Gasteiger partial charge in [-0.2, -0.15) is 0 Å². The Bertz CT molecular complexity index is 636. The molecule has 1 saturated carbocycles. The SMILES string of the molecule is O=C(C1COC2(CCCCC2)N1C(=O)Cc1cccs1)N1CCOCC1. The van der Waals surface area contributed by atoms with E-state index in [0.29, 0.717) is 39.3 Å². The highest BCUT2D eigenvalue weighted by molar-refractivity contribution is 7.10. The first-order chi connectivity index (χ1) is 12.7. The number of hydrogen-bond donors (Lipinski definition) is 0. The van der Waals surface area contributed by atoms with E-state index in [0.717, 1.165) is 30.6 Å². The maximum atomic E-state index is 13.2. The lowest BCUT2D eigenvalue weighted by atomic mass is 9.90. The fraction of sp³-hybridized carbons (Fsp3) is 0.684. The van der Waals surface area contributed by atoms with Gasteiger partial charge in [-0.05, 0) is 37.1 Å². The highest BCUT2D eigenvalue weighted by Gasteiger charge is 2.53. The normalized spacial score (nSPS) is 25.6. The molecule has 1 spiro atoms. The molecule has 3 fully saturated rings. The van der Waals surface area contributed by atoms with Crippen LogP contribution in [-0.4, -0.2) is 66.3 Å². The minimum absolute atomic E-state index is 0.00952. The molecule has 3 heterocycles. The van der Waals surface area contributed by atoms with Crippen molar-refractivity contribution in [2.45, 2.75) is 50.3 Å². The third-order valence-corrected chi connectivity index (χ3v) is 6.55. The molecule has 1 aromatic heterocycles. The van der Waals surface area contributed by atoms with E-state index in [1.807, 2.05) is 27.3 Å². The van der Waals surface area contributed by atoms with Crippen molar-refractivity contribution in [3.8, 4) is 0 Å². The Balaban J connectivity index is 1.57. The van der Waals surface area contributed by atoms with Gasteiger partial charge in [0.05, 0.1) is 26.2 Å². The molecule has 1 atom stereocenters. The standard InChI is InChI=1S/C19H26N2O4S/c22-17(13-15-5-4-12-26-15)21-16(18(23)20-8-10-24-11-9-20)14-25-19(21)6-2-1-3-7-19/h4-5,12,16H,1-3,6-11,13-14H2. The van der Waals surface area contributed by atoms with Crippen LogP contribution in [0, 0.1) is 0 Å². The van der Waals surface area contributed by atoms with E-state index >= 15 is 0 Å². The van der Waals surface area contributed by atoms with Gasteiger partial charge in [-0.1, -0.05) is 12.5 Å². The van der Waals surface area contributed by atoms with Crippen LogP contribution in [0.4, 0.5) is 0 Å². The van der Waals surface area contributed by atoms with Crippen molar-refractivity contribution < 1.29 is 19.1 Å². The number of thiophene rings is 1. The monoisotopic (exact) mass is 378 g/mol. The topological polar surface area (TPSA) is 59.1 Å². The minimum atomic E-state index is -0.584. The van der Waals surface area contributed by atoms with E-state index < -0.39 is 11.8 Å². The summed E-state index contributed by atoms with van der Waals surface area (Å²) in [6, 6.07) is 3.44. The van der Waals surface area contributed by atoms with Gasteiger partial charge in [-0.3, -0.25) is 14.5 Å². The van der Waals surface area contributed by atoms with Crippen LogP contribution in [0.2, 0.25) is 0 Å². The second-order valence-corrected chi connectivity index (χ2v) is 8.32. The van der Waals surface area contributed by atoms with E-state index in [1.54, 1.807) is 11.3 Å². The van der Waals surface area contributed by atoms with Crippen molar-refractivity contribution in [2.75, 3.05) is 32.9 Å². The van der Waals surface area contributed by atoms with Crippen LogP contribution >= 0.6 is 11.3 Å². The molecule has 0 radical (unpaired) electrons. The first kappa shape index (κ1) is 17.9. The van der Waals surface area contributed by atoms with Crippen LogP contribution in [-0.2, 0) is 25.5 Å². The number of nitrogens with zero attached hydrogens (tertiary/aromatic N) is 2. The highest BCUT2D eigenvalue weighted by Crippen LogP contribution is 2.41. The molecular formula is C19H26N2O4S. The summed E-state index contributed by atoms with van der Waals surface area (Å²) in [5.41, 5.74) is -0.584. The summed E-state index contributed by atoms with van der Waals surface area (Å²) in [5.74, 6) is 0.0220. The van der Waals surface area contributed by atoms with Gasteiger partial charge in [0.1, 0.15) is 11.8 Å². The zero-order valence-corrected chi connectivity index (χ0v) is 15.8. The predicted molar refractivity (Wildman–Crippen MR) is 97.8 cm³/mol. The molecule has 1 aromatic rings. The molecule has 4 rings (SSSR count). The highest BCUT2D eigenvalue weighted by atomic mass is 32.1. The summed E-state index contributed by atoms with van der Waals surface area (Å²) in [4.78, 5) is 31.0. The van der Waals surface area contributed by atoms with Gasteiger partial charge in [-0.15, -0.1) is 11.3 Å². The van der Waals surface area contributed by atoms with Crippen LogP contribution in [0.5, 0.6) is 0 Å². The molecule has 1 aliphatic carbocycles. The van der Waals surface area contributed by atoms with Gasteiger partial charge in [0.25, 0.3) is 0 Å². The van der Waals surface area contributed by atoms with Crippen molar-refractivity contribution in [3.05, 3.63) is 22.4 Å². The van der Waals surface area contributed by atoms with Crippen LogP contribution < -0.4 is 0 Å². The number of carbonyl (C=O) groups is 2. The van der Waals surface area contributed by atoms with Gasteiger partial charge < -0.3 is 14.4 Å². The average Bonchev–Trinajstić information content (AvgIpc) is 3.31. The van der Waals surface area contributed by atoms with Crippen LogP contribution in [0.3, 0.4) is 0 Å². The average molecular weight is 378 g/mol. The summed E-state index contributed by atoms with van der Waals surface area (Å²) in [6.45, 7) is 2.62. The molecule has 6 nitrogen and oxygen atoms in total. The lowest BCUT2D eigenvalue weighted by molar-refractivity contribution is -0.162. The molecule has 0 aromatic carbocycles. The van der Waals surface area contributed by atoms with Gasteiger partial charge in [-0.25, -0.2) is 0 Å². The first-order valence-corrected chi connectivity index (χ1v) is 10.4. The quantitative estimate of drug-likeness (QED) is 0.808. The Morgan fingerprint density at radius 2 is 1.96 bits per heavy atom. The predicted octanol–water partition coefficient (Wildman–Crippen LogP) is 2.04. The number of ether oxygens (including phenoxy) is 2. The first-order valence-electron chi connectivity index (χ1n) is 9.55. The lowest BCUT2D eigenvalue weighted by Gasteiger charge is -2.42. The maximum absolute atomic E-state index is 13.2. The van der Waals surface area contributed by atoms with Gasteiger partial charge >= 0.3 is 0 Å². The van der Waals surface area contributed by atoms with Crippen molar-refractivity contribution in [3.63, 3.8) is 0 Å². The fourth-order valence-electron chi connectivity index (χ4n) is 4.38. The van der Waals surface area contributed by atoms with Gasteiger partial charge in [0.15, 0.2) is 0 Å². The Kier molecular flexibility index (Phi) is 5.29. The van der Waals surface area contributed by atoms with Gasteiger partial charge in [0.2, 0.25) is 11.8 Å². The largest absolute Gasteiger partial charge is 0.378 e. The smallest absolute Gasteiger partial charge is 0.248 e. The second-order valence-electron chi connectivity index (χ2n) is 7.29. The summed E-state index contributed by atoms with van der Waals surface area (Å²) in [6.07, 6.45) is 5.25. The summed E-state index contributed by atoms with van der Waals surface area (Å²) >= 11 is 1.58. The zero-order chi connectivity index (χ0) is 18.0. The summed E-state index contributed by atoms with van der Waals surface area (Å²) < 4.78 is 11.6. The Morgan fingerprint density at radius 3 is 2.65 bits per heavy atom. The Labute approximate surface area is 158 Å². The van der Waals surface area contributed by atoms with E-state index in [-0.39, 0.29) is 11.8 Å². The number of hydrogen-bond acceptors (Lipinski definition) is 5. The second kappa shape index (κ2) is 7.66. The van der Waals surface area contributed by atoms with Crippen molar-refractivity contribution >= 4 is 23.2 Å². The van der Waals surface area contributed by atoms with Crippen LogP contribution in [0.1, 0.15) is 37.0 Å². The number of rotatable bonds is 3. The van der Waals surface area contributed by atoms with Gasteiger partial charge in [0, 0.05) is 18.0 Å². The molecule has 26 heavy (non-hydrogen) atoms. The van der Waals surface area contributed by atoms with Crippen molar-refractivity contribution in [1.82, 2.24) is 9.80 Å². The van der Waals surface area contributed by atoms with E-state index in [1.165, 1.54) is 6.42 Å². The molecule has 2 saturated heterocycles. The molecule has 0 bridgehead atoms.